The minimum Gasteiger partial charge on any atom is -0.341 e. The van der Waals surface area contributed by atoms with Gasteiger partial charge >= 0.3 is 0 Å². The van der Waals surface area contributed by atoms with E-state index in [4.69, 9.17) is 0 Å². The zero-order valence-corrected chi connectivity index (χ0v) is 23.6. The van der Waals surface area contributed by atoms with E-state index < -0.39 is 5.82 Å². The third-order valence-corrected chi connectivity index (χ3v) is 9.18. The zero-order chi connectivity index (χ0) is 28.1. The number of rotatable bonds is 6. The lowest BCUT2D eigenvalue weighted by Gasteiger charge is -2.45. The summed E-state index contributed by atoms with van der Waals surface area (Å²) in [5, 5.41) is 3.58. The summed E-state index contributed by atoms with van der Waals surface area (Å²) >= 11 is 0. The van der Waals surface area contributed by atoms with Crippen molar-refractivity contribution in [1.82, 2.24) is 24.5 Å². The second-order valence-corrected chi connectivity index (χ2v) is 11.9. The molecule has 3 aromatic rings. The highest BCUT2D eigenvalue weighted by molar-refractivity contribution is 6.03. The molecule has 3 saturated heterocycles. The first kappa shape index (κ1) is 26.7. The third kappa shape index (κ3) is 4.62. The lowest BCUT2D eigenvalue weighted by atomic mass is 9.73. The van der Waals surface area contributed by atoms with E-state index in [1.165, 1.54) is 17.7 Å². The third-order valence-electron chi connectivity index (χ3n) is 9.18. The summed E-state index contributed by atoms with van der Waals surface area (Å²) in [5.74, 6) is -0.0649. The van der Waals surface area contributed by atoms with Crippen LogP contribution in [0.2, 0.25) is 0 Å². The van der Waals surface area contributed by atoms with Gasteiger partial charge in [-0.1, -0.05) is 18.2 Å². The molecule has 2 amide bonds. The molecule has 1 unspecified atom stereocenters. The van der Waals surface area contributed by atoms with E-state index in [0.29, 0.717) is 36.8 Å². The summed E-state index contributed by atoms with van der Waals surface area (Å²) < 4.78 is 16.5. The van der Waals surface area contributed by atoms with Gasteiger partial charge in [0.25, 0.3) is 5.91 Å². The highest BCUT2D eigenvalue weighted by atomic mass is 19.1. The number of aromatic nitrogens is 2. The number of halogens is 1. The van der Waals surface area contributed by atoms with Crippen LogP contribution in [0.4, 0.5) is 4.39 Å². The molecule has 2 bridgehead atoms. The Labute approximate surface area is 235 Å². The molecule has 3 aliphatic heterocycles. The van der Waals surface area contributed by atoms with Crippen LogP contribution in [0, 0.1) is 11.7 Å². The molecule has 5 heterocycles. The van der Waals surface area contributed by atoms with Crippen LogP contribution in [-0.4, -0.2) is 68.8 Å². The lowest BCUT2D eigenvalue weighted by molar-refractivity contribution is -0.135. The standard InChI is InChI=1S/C32H38FN5O2/c1-5-38(19(2)3)31(39)28-14-23(33)6-8-26(28)27-13-22(17-37-18-34-15-29(27)37)21-10-11-36(16-21)32(40)30-25-9-7-24(35-30)12-20(25)4/h6,8,13-15,17-19,21,24-25,30,35H,4-5,7,9-12,16H2,1-3H3/t21?,24-,25+,30+/m1/s1. The highest BCUT2D eigenvalue weighted by Gasteiger charge is 2.43. The van der Waals surface area contributed by atoms with Crippen LogP contribution in [0.3, 0.4) is 0 Å². The number of nitrogens with one attached hydrogen (secondary N) is 1. The maximum atomic E-state index is 14.5. The summed E-state index contributed by atoms with van der Waals surface area (Å²) in [5.41, 5.74) is 5.01. The molecule has 2 aromatic heterocycles. The lowest BCUT2D eigenvalue weighted by Crippen LogP contribution is -2.59. The summed E-state index contributed by atoms with van der Waals surface area (Å²) in [6.07, 6.45) is 9.60. The van der Waals surface area contributed by atoms with E-state index in [0.717, 1.165) is 42.3 Å². The van der Waals surface area contributed by atoms with Crippen LogP contribution in [0.5, 0.6) is 0 Å². The van der Waals surface area contributed by atoms with Crippen molar-refractivity contribution in [2.75, 3.05) is 19.6 Å². The number of hydrogen-bond acceptors (Lipinski definition) is 4. The van der Waals surface area contributed by atoms with Gasteiger partial charge in [-0.15, -0.1) is 0 Å². The fourth-order valence-corrected chi connectivity index (χ4v) is 7.06. The van der Waals surface area contributed by atoms with E-state index in [1.807, 2.05) is 30.1 Å². The molecule has 0 radical (unpaired) electrons. The summed E-state index contributed by atoms with van der Waals surface area (Å²) in [6.45, 7) is 12.0. The minimum atomic E-state index is -0.440. The minimum absolute atomic E-state index is 0.0111. The zero-order valence-electron chi connectivity index (χ0n) is 23.6. The van der Waals surface area contributed by atoms with E-state index >= 15 is 0 Å². The van der Waals surface area contributed by atoms with Crippen molar-refractivity contribution < 1.29 is 14.0 Å². The van der Waals surface area contributed by atoms with Gasteiger partial charge < -0.3 is 19.5 Å². The SMILES string of the molecule is C=C1C[C@H]2CC[C@@H]1[C@@H](C(=O)N1CCC(c3cc(-c4ccc(F)cc4C(=O)N(CC)C(C)C)c4cncn4c3)C1)N2. The van der Waals surface area contributed by atoms with Crippen LogP contribution in [0.25, 0.3) is 16.6 Å². The van der Waals surface area contributed by atoms with Crippen LogP contribution in [-0.2, 0) is 4.79 Å². The van der Waals surface area contributed by atoms with Crippen LogP contribution >= 0.6 is 0 Å². The molecule has 4 atom stereocenters. The first-order chi connectivity index (χ1) is 19.2. The largest absolute Gasteiger partial charge is 0.341 e. The number of likely N-dealkylation sites (tertiary alicyclic amines) is 1. The molecule has 4 aliphatic rings. The number of fused-ring (bicyclic) bond motifs is 4. The van der Waals surface area contributed by atoms with Crippen LogP contribution in [0.15, 0.2) is 55.1 Å². The van der Waals surface area contributed by atoms with Crippen LogP contribution in [0.1, 0.15) is 68.3 Å². The number of pyridine rings is 1. The maximum absolute atomic E-state index is 14.5. The average Bonchev–Trinajstić information content (AvgIpc) is 3.62. The molecule has 210 valence electrons. The van der Waals surface area contributed by atoms with E-state index in [9.17, 15) is 14.0 Å². The van der Waals surface area contributed by atoms with Gasteiger partial charge in [-0.2, -0.15) is 0 Å². The summed E-state index contributed by atoms with van der Waals surface area (Å²) in [7, 11) is 0. The molecule has 0 spiro atoms. The van der Waals surface area contributed by atoms with Gasteiger partial charge in [-0.05, 0) is 75.8 Å². The molecule has 7 nitrogen and oxygen atoms in total. The van der Waals surface area contributed by atoms with Gasteiger partial charge in [0, 0.05) is 55.3 Å². The van der Waals surface area contributed by atoms with E-state index in [2.05, 4.69) is 29.1 Å². The Morgan fingerprint density at radius 2 is 2.02 bits per heavy atom. The van der Waals surface area contributed by atoms with Gasteiger partial charge in [-0.3, -0.25) is 9.59 Å². The van der Waals surface area contributed by atoms with Crippen molar-refractivity contribution in [1.29, 1.82) is 0 Å². The molecule has 1 aliphatic carbocycles. The van der Waals surface area contributed by atoms with E-state index in [1.54, 1.807) is 23.5 Å². The van der Waals surface area contributed by atoms with Crippen LogP contribution < -0.4 is 5.32 Å². The predicted octanol–water partition coefficient (Wildman–Crippen LogP) is 5.02. The molecule has 8 heteroatoms. The first-order valence-corrected chi connectivity index (χ1v) is 14.5. The highest BCUT2D eigenvalue weighted by Crippen LogP contribution is 2.39. The number of amides is 2. The number of imidazole rings is 1. The Kier molecular flexibility index (Phi) is 6.98. The molecule has 1 saturated carbocycles. The van der Waals surface area contributed by atoms with Crippen molar-refractivity contribution in [3.63, 3.8) is 0 Å². The van der Waals surface area contributed by atoms with Gasteiger partial charge in [0.1, 0.15) is 5.82 Å². The van der Waals surface area contributed by atoms with Gasteiger partial charge in [0.2, 0.25) is 5.91 Å². The monoisotopic (exact) mass is 543 g/mol. The molecule has 1 aromatic carbocycles. The topological polar surface area (TPSA) is 70.0 Å². The molecule has 4 fully saturated rings. The molecule has 40 heavy (non-hydrogen) atoms. The van der Waals surface area contributed by atoms with Crippen molar-refractivity contribution in [2.24, 2.45) is 5.92 Å². The number of carbonyl (C=O) groups is 2. The molecule has 1 N–H and O–H groups in total. The van der Waals surface area contributed by atoms with E-state index in [-0.39, 0.29) is 35.7 Å². The Morgan fingerprint density at radius 3 is 2.75 bits per heavy atom. The number of carbonyl (C=O) groups excluding carboxylic acids is 2. The molecule has 7 rings (SSSR count). The number of nitrogens with zero attached hydrogens (tertiary/aromatic N) is 4. The van der Waals surface area contributed by atoms with Gasteiger partial charge in [0.15, 0.2) is 0 Å². The van der Waals surface area contributed by atoms with Crippen molar-refractivity contribution in [3.05, 3.63) is 72.1 Å². The van der Waals surface area contributed by atoms with Crippen molar-refractivity contribution >= 4 is 17.3 Å². The Balaban J connectivity index is 1.32. The van der Waals surface area contributed by atoms with Crippen molar-refractivity contribution in [3.8, 4) is 11.1 Å². The fourth-order valence-electron chi connectivity index (χ4n) is 7.06. The second-order valence-electron chi connectivity index (χ2n) is 11.9. The predicted molar refractivity (Wildman–Crippen MR) is 154 cm³/mol. The Morgan fingerprint density at radius 1 is 1.20 bits per heavy atom. The first-order valence-electron chi connectivity index (χ1n) is 14.5. The fraction of sp³-hybridized carbons (Fsp3) is 0.469. The smallest absolute Gasteiger partial charge is 0.254 e. The average molecular weight is 544 g/mol. The Hall–Kier alpha value is -3.52. The molecular formula is C32H38FN5O2. The maximum Gasteiger partial charge on any atom is 0.254 e. The summed E-state index contributed by atoms with van der Waals surface area (Å²) in [4.78, 5) is 35.3. The van der Waals surface area contributed by atoms with Gasteiger partial charge in [-0.25, -0.2) is 9.37 Å². The van der Waals surface area contributed by atoms with Gasteiger partial charge in [0.05, 0.1) is 29.6 Å². The Bertz CT molecular complexity index is 1480. The number of piperidine rings is 2. The molecular weight excluding hydrogens is 505 g/mol. The van der Waals surface area contributed by atoms with Crippen molar-refractivity contribution in [2.45, 2.75) is 70.5 Å². The quantitative estimate of drug-likeness (QED) is 0.443. The normalized spacial score (nSPS) is 24.3. The number of benzene rings is 1. The summed E-state index contributed by atoms with van der Waals surface area (Å²) in [6, 6.07) is 6.74. The second kappa shape index (κ2) is 10.5. The number of hydrogen-bond donors (Lipinski definition) is 1.